The van der Waals surface area contributed by atoms with Crippen LogP contribution < -0.4 is 5.32 Å². The molecule has 1 amide bonds. The van der Waals surface area contributed by atoms with E-state index >= 15 is 0 Å². The molecule has 0 radical (unpaired) electrons. The highest BCUT2D eigenvalue weighted by Gasteiger charge is 2.27. The summed E-state index contributed by atoms with van der Waals surface area (Å²) in [4.78, 5) is 14.5. The molecule has 1 aliphatic rings. The van der Waals surface area contributed by atoms with Gasteiger partial charge in [0, 0.05) is 6.04 Å². The highest BCUT2D eigenvalue weighted by molar-refractivity contribution is 5.78. The van der Waals surface area contributed by atoms with Crippen LogP contribution in [-0.2, 0) is 11.2 Å². The van der Waals surface area contributed by atoms with Gasteiger partial charge in [-0.15, -0.1) is 0 Å². The van der Waals surface area contributed by atoms with Gasteiger partial charge in [-0.3, -0.25) is 9.69 Å². The number of nitrogens with one attached hydrogen (secondary N) is 1. The standard InChI is InChI=1S/C19H30N2O2/c1-4-16-7-9-17(10-8-16)15(3)20-19(23)13-21-11-5-6-18(21)12-14(2)22/h7-10,14-15,18,22H,4-6,11-13H2,1-3H3,(H,20,23). The van der Waals surface area contributed by atoms with Crippen molar-refractivity contribution in [3.05, 3.63) is 35.4 Å². The van der Waals surface area contributed by atoms with Crippen molar-refractivity contribution < 1.29 is 9.90 Å². The number of amides is 1. The van der Waals surface area contributed by atoms with E-state index in [1.165, 1.54) is 5.56 Å². The van der Waals surface area contributed by atoms with Crippen molar-refractivity contribution in [1.82, 2.24) is 10.2 Å². The molecule has 0 aromatic heterocycles. The van der Waals surface area contributed by atoms with Gasteiger partial charge in [0.2, 0.25) is 5.91 Å². The normalized spacial score (nSPS) is 21.1. The Kier molecular flexibility index (Phi) is 6.60. The maximum atomic E-state index is 12.3. The topological polar surface area (TPSA) is 52.6 Å². The first-order valence-electron chi connectivity index (χ1n) is 8.80. The molecule has 1 heterocycles. The number of nitrogens with zero attached hydrogens (tertiary/aromatic N) is 1. The van der Waals surface area contributed by atoms with Gasteiger partial charge in [0.15, 0.2) is 0 Å². The van der Waals surface area contributed by atoms with E-state index in [1.807, 2.05) is 13.8 Å². The van der Waals surface area contributed by atoms with Gasteiger partial charge in [0.05, 0.1) is 18.7 Å². The van der Waals surface area contributed by atoms with Gasteiger partial charge in [0.25, 0.3) is 0 Å². The molecule has 4 nitrogen and oxygen atoms in total. The number of carbonyl (C=O) groups is 1. The van der Waals surface area contributed by atoms with Crippen LogP contribution in [0.3, 0.4) is 0 Å². The number of rotatable bonds is 7. The first-order chi connectivity index (χ1) is 11.0. The second kappa shape index (κ2) is 8.46. The third kappa shape index (κ3) is 5.33. The molecule has 1 aromatic carbocycles. The van der Waals surface area contributed by atoms with Gasteiger partial charge in [-0.25, -0.2) is 0 Å². The number of likely N-dealkylation sites (tertiary alicyclic amines) is 1. The summed E-state index contributed by atoms with van der Waals surface area (Å²) in [7, 11) is 0. The van der Waals surface area contributed by atoms with Crippen LogP contribution >= 0.6 is 0 Å². The SMILES string of the molecule is CCc1ccc(C(C)NC(=O)CN2CCCC2CC(C)O)cc1. The lowest BCUT2D eigenvalue weighted by molar-refractivity contribution is -0.123. The van der Waals surface area contributed by atoms with Crippen LogP contribution in [0, 0.1) is 0 Å². The third-order valence-corrected chi connectivity index (χ3v) is 4.72. The second-order valence-electron chi connectivity index (χ2n) is 6.74. The Balaban J connectivity index is 1.85. The van der Waals surface area contributed by atoms with Crippen LogP contribution in [0.2, 0.25) is 0 Å². The summed E-state index contributed by atoms with van der Waals surface area (Å²) in [6.07, 6.45) is 3.66. The average molecular weight is 318 g/mol. The van der Waals surface area contributed by atoms with Crippen LogP contribution in [0.25, 0.3) is 0 Å². The lowest BCUT2D eigenvalue weighted by Crippen LogP contribution is -2.41. The Labute approximate surface area is 139 Å². The van der Waals surface area contributed by atoms with E-state index < -0.39 is 0 Å². The number of hydrogen-bond donors (Lipinski definition) is 2. The Morgan fingerprint density at radius 1 is 1.35 bits per heavy atom. The van der Waals surface area contributed by atoms with Gasteiger partial charge in [-0.1, -0.05) is 31.2 Å². The summed E-state index contributed by atoms with van der Waals surface area (Å²) in [5.41, 5.74) is 2.45. The van der Waals surface area contributed by atoms with Crippen molar-refractivity contribution in [1.29, 1.82) is 0 Å². The second-order valence-corrected chi connectivity index (χ2v) is 6.74. The van der Waals surface area contributed by atoms with E-state index in [-0.39, 0.29) is 18.1 Å². The summed E-state index contributed by atoms with van der Waals surface area (Å²) >= 11 is 0. The Morgan fingerprint density at radius 2 is 2.04 bits per heavy atom. The predicted molar refractivity (Wildman–Crippen MR) is 93.3 cm³/mol. The van der Waals surface area contributed by atoms with Crippen LogP contribution in [0.5, 0.6) is 0 Å². The maximum absolute atomic E-state index is 12.3. The van der Waals surface area contributed by atoms with Gasteiger partial charge < -0.3 is 10.4 Å². The van der Waals surface area contributed by atoms with E-state index in [2.05, 4.69) is 41.4 Å². The third-order valence-electron chi connectivity index (χ3n) is 4.72. The average Bonchev–Trinajstić information content (AvgIpc) is 2.93. The first-order valence-corrected chi connectivity index (χ1v) is 8.80. The molecule has 0 bridgehead atoms. The Bertz CT molecular complexity index is 499. The summed E-state index contributed by atoms with van der Waals surface area (Å²) in [5, 5.41) is 12.7. The monoisotopic (exact) mass is 318 g/mol. The molecule has 0 aliphatic carbocycles. The quantitative estimate of drug-likeness (QED) is 0.813. The number of carbonyl (C=O) groups excluding carboxylic acids is 1. The zero-order valence-corrected chi connectivity index (χ0v) is 14.6. The zero-order chi connectivity index (χ0) is 16.8. The zero-order valence-electron chi connectivity index (χ0n) is 14.6. The number of aliphatic hydroxyl groups excluding tert-OH is 1. The number of hydrogen-bond acceptors (Lipinski definition) is 3. The molecule has 23 heavy (non-hydrogen) atoms. The molecule has 2 rings (SSSR count). The molecule has 1 saturated heterocycles. The minimum atomic E-state index is -0.306. The number of benzene rings is 1. The molecule has 128 valence electrons. The van der Waals surface area contributed by atoms with Crippen LogP contribution in [0.15, 0.2) is 24.3 Å². The minimum absolute atomic E-state index is 0.0197. The van der Waals surface area contributed by atoms with Gasteiger partial charge in [0.1, 0.15) is 0 Å². The lowest BCUT2D eigenvalue weighted by atomic mass is 10.0. The van der Waals surface area contributed by atoms with Crippen LogP contribution in [-0.4, -0.2) is 41.1 Å². The molecule has 1 fully saturated rings. The van der Waals surface area contributed by atoms with Crippen LogP contribution in [0.4, 0.5) is 0 Å². The van der Waals surface area contributed by atoms with Crippen molar-refractivity contribution in [2.24, 2.45) is 0 Å². The molecule has 3 unspecified atom stereocenters. The number of aryl methyl sites for hydroxylation is 1. The predicted octanol–water partition coefficient (Wildman–Crippen LogP) is 2.66. The summed E-state index contributed by atoms with van der Waals surface area (Å²) in [5.74, 6) is 0.0644. The van der Waals surface area contributed by atoms with Crippen molar-refractivity contribution in [2.45, 2.75) is 64.6 Å². The van der Waals surface area contributed by atoms with Crippen molar-refractivity contribution >= 4 is 5.91 Å². The largest absolute Gasteiger partial charge is 0.393 e. The lowest BCUT2D eigenvalue weighted by Gasteiger charge is -2.25. The molecule has 4 heteroatoms. The van der Waals surface area contributed by atoms with Crippen molar-refractivity contribution in [2.75, 3.05) is 13.1 Å². The fourth-order valence-corrected chi connectivity index (χ4v) is 3.36. The highest BCUT2D eigenvalue weighted by atomic mass is 16.3. The summed E-state index contributed by atoms with van der Waals surface area (Å²) in [6, 6.07) is 8.78. The van der Waals surface area contributed by atoms with Gasteiger partial charge in [-0.2, -0.15) is 0 Å². The Morgan fingerprint density at radius 3 is 2.65 bits per heavy atom. The molecular weight excluding hydrogens is 288 g/mol. The smallest absolute Gasteiger partial charge is 0.234 e. The molecule has 2 N–H and O–H groups in total. The first kappa shape index (κ1) is 18.0. The van der Waals surface area contributed by atoms with E-state index in [0.29, 0.717) is 12.6 Å². The fourth-order valence-electron chi connectivity index (χ4n) is 3.36. The van der Waals surface area contributed by atoms with E-state index in [9.17, 15) is 9.90 Å². The minimum Gasteiger partial charge on any atom is -0.393 e. The van der Waals surface area contributed by atoms with Gasteiger partial charge in [-0.05, 0) is 57.2 Å². The molecule has 0 saturated carbocycles. The maximum Gasteiger partial charge on any atom is 0.234 e. The van der Waals surface area contributed by atoms with Crippen molar-refractivity contribution in [3.8, 4) is 0 Å². The number of aliphatic hydroxyl groups is 1. The molecular formula is C19H30N2O2. The fraction of sp³-hybridized carbons (Fsp3) is 0.632. The summed E-state index contributed by atoms with van der Waals surface area (Å²) in [6.45, 7) is 7.35. The molecule has 1 aromatic rings. The highest BCUT2D eigenvalue weighted by Crippen LogP contribution is 2.21. The van der Waals surface area contributed by atoms with Crippen LogP contribution in [0.1, 0.15) is 57.2 Å². The molecule has 3 atom stereocenters. The van der Waals surface area contributed by atoms with E-state index in [4.69, 9.17) is 0 Å². The molecule has 0 spiro atoms. The molecule has 1 aliphatic heterocycles. The Hall–Kier alpha value is -1.39. The van der Waals surface area contributed by atoms with E-state index in [0.717, 1.165) is 37.8 Å². The van der Waals surface area contributed by atoms with Crippen molar-refractivity contribution in [3.63, 3.8) is 0 Å². The van der Waals surface area contributed by atoms with E-state index in [1.54, 1.807) is 0 Å². The van der Waals surface area contributed by atoms with Gasteiger partial charge >= 0.3 is 0 Å². The summed E-state index contributed by atoms with van der Waals surface area (Å²) < 4.78 is 0.